The fourth-order valence-corrected chi connectivity index (χ4v) is 2.05. The molecule has 20 heavy (non-hydrogen) atoms. The molecule has 2 N–H and O–H groups in total. The van der Waals surface area contributed by atoms with Gasteiger partial charge in [-0.1, -0.05) is 42.5 Å². The largest absolute Gasteiger partial charge is 0.391 e. The molecule has 2 unspecified atom stereocenters. The van der Waals surface area contributed by atoms with Gasteiger partial charge in [0.05, 0.1) is 6.10 Å². The van der Waals surface area contributed by atoms with Crippen molar-refractivity contribution in [2.75, 3.05) is 0 Å². The predicted octanol–water partition coefficient (Wildman–Crippen LogP) is 2.91. The average molecular weight is 273 g/mol. The molecule has 0 aliphatic carbocycles. The zero-order valence-corrected chi connectivity index (χ0v) is 11.6. The topological polar surface area (TPSA) is 32.3 Å². The van der Waals surface area contributed by atoms with Crippen molar-refractivity contribution < 1.29 is 9.50 Å². The molecule has 2 nitrogen and oxygen atoms in total. The van der Waals surface area contributed by atoms with E-state index in [1.807, 2.05) is 37.3 Å². The average Bonchev–Trinajstić information content (AvgIpc) is 2.47. The summed E-state index contributed by atoms with van der Waals surface area (Å²) < 4.78 is 12.8. The summed E-state index contributed by atoms with van der Waals surface area (Å²) in [5, 5.41) is 13.4. The summed E-state index contributed by atoms with van der Waals surface area (Å²) in [4.78, 5) is 0. The zero-order valence-electron chi connectivity index (χ0n) is 11.6. The SMILES string of the molecule is CC(NCc1ccc(F)cc1)C(O)Cc1ccccc1. The summed E-state index contributed by atoms with van der Waals surface area (Å²) in [7, 11) is 0. The molecule has 2 atom stereocenters. The van der Waals surface area contributed by atoms with Crippen LogP contribution in [0.4, 0.5) is 4.39 Å². The second kappa shape index (κ2) is 7.17. The third kappa shape index (κ3) is 4.44. The Labute approximate surface area is 119 Å². The molecule has 3 heteroatoms. The molecule has 0 heterocycles. The number of aliphatic hydroxyl groups is 1. The lowest BCUT2D eigenvalue weighted by molar-refractivity contribution is 0.134. The predicted molar refractivity (Wildman–Crippen MR) is 78.9 cm³/mol. The van der Waals surface area contributed by atoms with Crippen molar-refractivity contribution in [3.63, 3.8) is 0 Å². The lowest BCUT2D eigenvalue weighted by Crippen LogP contribution is -2.38. The summed E-state index contributed by atoms with van der Waals surface area (Å²) in [5.41, 5.74) is 2.13. The Morgan fingerprint density at radius 2 is 1.65 bits per heavy atom. The van der Waals surface area contributed by atoms with Crippen LogP contribution in [0.15, 0.2) is 54.6 Å². The maximum atomic E-state index is 12.8. The van der Waals surface area contributed by atoms with Gasteiger partial charge in [0, 0.05) is 12.6 Å². The molecule has 0 fully saturated rings. The summed E-state index contributed by atoms with van der Waals surface area (Å²) >= 11 is 0. The molecule has 0 aromatic heterocycles. The Hall–Kier alpha value is -1.71. The fourth-order valence-electron chi connectivity index (χ4n) is 2.05. The van der Waals surface area contributed by atoms with Crippen LogP contribution in [0, 0.1) is 5.82 Å². The summed E-state index contributed by atoms with van der Waals surface area (Å²) in [6, 6.07) is 16.3. The first-order chi connectivity index (χ1) is 9.65. The standard InChI is InChI=1S/C17H20FNO/c1-13(17(20)11-14-5-3-2-4-6-14)19-12-15-7-9-16(18)10-8-15/h2-10,13,17,19-20H,11-12H2,1H3. The minimum Gasteiger partial charge on any atom is -0.391 e. The first-order valence-corrected chi connectivity index (χ1v) is 6.85. The second-order valence-electron chi connectivity index (χ2n) is 5.05. The third-order valence-corrected chi connectivity index (χ3v) is 3.41. The molecular formula is C17H20FNO. The minimum atomic E-state index is -0.446. The van der Waals surface area contributed by atoms with Gasteiger partial charge in [0.2, 0.25) is 0 Å². The van der Waals surface area contributed by atoms with Gasteiger partial charge in [-0.25, -0.2) is 4.39 Å². The van der Waals surface area contributed by atoms with Gasteiger partial charge in [-0.15, -0.1) is 0 Å². The van der Waals surface area contributed by atoms with E-state index in [-0.39, 0.29) is 11.9 Å². The number of benzene rings is 2. The van der Waals surface area contributed by atoms with E-state index in [4.69, 9.17) is 0 Å². The molecule has 106 valence electrons. The van der Waals surface area contributed by atoms with Crippen molar-refractivity contribution >= 4 is 0 Å². The number of hydrogen-bond donors (Lipinski definition) is 2. The lowest BCUT2D eigenvalue weighted by Gasteiger charge is -2.20. The van der Waals surface area contributed by atoms with Gasteiger partial charge in [-0.3, -0.25) is 0 Å². The van der Waals surface area contributed by atoms with Crippen LogP contribution in [-0.4, -0.2) is 17.3 Å². The van der Waals surface area contributed by atoms with Crippen molar-refractivity contribution in [2.24, 2.45) is 0 Å². The van der Waals surface area contributed by atoms with E-state index >= 15 is 0 Å². The quantitative estimate of drug-likeness (QED) is 0.848. The Morgan fingerprint density at radius 1 is 1.00 bits per heavy atom. The van der Waals surface area contributed by atoms with Crippen molar-refractivity contribution in [1.82, 2.24) is 5.32 Å². The Balaban J connectivity index is 1.82. The van der Waals surface area contributed by atoms with Crippen molar-refractivity contribution in [3.8, 4) is 0 Å². The Kier molecular flexibility index (Phi) is 5.27. The molecule has 0 radical (unpaired) electrons. The molecule has 0 bridgehead atoms. The third-order valence-electron chi connectivity index (χ3n) is 3.41. The first-order valence-electron chi connectivity index (χ1n) is 6.85. The normalized spacial score (nSPS) is 13.9. The van der Waals surface area contributed by atoms with Crippen LogP contribution in [0.25, 0.3) is 0 Å². The maximum absolute atomic E-state index is 12.8. The van der Waals surface area contributed by atoms with Crippen molar-refractivity contribution in [3.05, 3.63) is 71.5 Å². The molecule has 0 amide bonds. The Bertz CT molecular complexity index is 512. The Morgan fingerprint density at radius 3 is 2.30 bits per heavy atom. The highest BCUT2D eigenvalue weighted by atomic mass is 19.1. The van der Waals surface area contributed by atoms with Crippen molar-refractivity contribution in [1.29, 1.82) is 0 Å². The van der Waals surface area contributed by atoms with Gasteiger partial charge in [0.25, 0.3) is 0 Å². The summed E-state index contributed by atoms with van der Waals surface area (Å²) in [6.07, 6.45) is 0.177. The van der Waals surface area contributed by atoms with Crippen LogP contribution in [0.1, 0.15) is 18.1 Å². The van der Waals surface area contributed by atoms with E-state index in [0.29, 0.717) is 13.0 Å². The monoisotopic (exact) mass is 273 g/mol. The molecule has 0 aliphatic heterocycles. The minimum absolute atomic E-state index is 0.0275. The number of halogens is 1. The van der Waals surface area contributed by atoms with E-state index in [0.717, 1.165) is 11.1 Å². The summed E-state index contributed by atoms with van der Waals surface area (Å²) in [6.45, 7) is 2.57. The molecule has 0 saturated carbocycles. The zero-order chi connectivity index (χ0) is 14.4. The highest BCUT2D eigenvalue weighted by Crippen LogP contribution is 2.07. The van der Waals surface area contributed by atoms with Gasteiger partial charge in [-0.2, -0.15) is 0 Å². The van der Waals surface area contributed by atoms with Crippen LogP contribution in [0.5, 0.6) is 0 Å². The van der Waals surface area contributed by atoms with Gasteiger partial charge in [0.1, 0.15) is 5.82 Å². The second-order valence-corrected chi connectivity index (χ2v) is 5.05. The van der Waals surface area contributed by atoms with Gasteiger partial charge >= 0.3 is 0 Å². The molecule has 0 saturated heterocycles. The smallest absolute Gasteiger partial charge is 0.123 e. The number of aliphatic hydroxyl groups excluding tert-OH is 1. The molecule has 0 aliphatic rings. The first kappa shape index (κ1) is 14.7. The van der Waals surface area contributed by atoms with Crippen LogP contribution < -0.4 is 5.32 Å². The van der Waals surface area contributed by atoms with Gasteiger partial charge in [-0.05, 0) is 36.6 Å². The molecular weight excluding hydrogens is 253 g/mol. The van der Waals surface area contributed by atoms with E-state index in [1.54, 1.807) is 12.1 Å². The molecule has 2 aromatic carbocycles. The van der Waals surface area contributed by atoms with Crippen LogP contribution in [-0.2, 0) is 13.0 Å². The highest BCUT2D eigenvalue weighted by Gasteiger charge is 2.14. The van der Waals surface area contributed by atoms with E-state index in [2.05, 4.69) is 5.32 Å². The fraction of sp³-hybridized carbons (Fsp3) is 0.294. The summed E-state index contributed by atoms with van der Waals surface area (Å²) in [5.74, 6) is -0.231. The number of hydrogen-bond acceptors (Lipinski definition) is 2. The van der Waals surface area contributed by atoms with Crippen LogP contribution >= 0.6 is 0 Å². The maximum Gasteiger partial charge on any atom is 0.123 e. The lowest BCUT2D eigenvalue weighted by atomic mass is 10.0. The van der Waals surface area contributed by atoms with Crippen LogP contribution in [0.3, 0.4) is 0 Å². The van der Waals surface area contributed by atoms with Gasteiger partial charge in [0.15, 0.2) is 0 Å². The van der Waals surface area contributed by atoms with E-state index in [9.17, 15) is 9.50 Å². The van der Waals surface area contributed by atoms with E-state index in [1.165, 1.54) is 12.1 Å². The number of rotatable bonds is 6. The molecule has 2 rings (SSSR count). The van der Waals surface area contributed by atoms with Crippen LogP contribution in [0.2, 0.25) is 0 Å². The van der Waals surface area contributed by atoms with Crippen molar-refractivity contribution in [2.45, 2.75) is 32.0 Å². The van der Waals surface area contributed by atoms with E-state index < -0.39 is 6.10 Å². The molecule has 0 spiro atoms. The number of nitrogens with one attached hydrogen (secondary N) is 1. The van der Waals surface area contributed by atoms with Gasteiger partial charge < -0.3 is 10.4 Å². The molecule has 2 aromatic rings. The highest BCUT2D eigenvalue weighted by molar-refractivity contribution is 5.17.